The summed E-state index contributed by atoms with van der Waals surface area (Å²) < 4.78 is 19.3. The Morgan fingerprint density at radius 3 is 2.68 bits per heavy atom. The number of para-hydroxylation sites is 1. The van der Waals surface area contributed by atoms with Crippen LogP contribution in [0.4, 0.5) is 20.9 Å². The van der Waals surface area contributed by atoms with Crippen LogP contribution in [0.25, 0.3) is 6.08 Å². The number of hydrogen-bond donors (Lipinski definition) is 1. The second kappa shape index (κ2) is 10.1. The molecule has 0 aliphatic rings. The SMILES string of the molecule is CC(=O)N(c1nc(/C=C/C(=O)Nc2ccc(OCC#N)cc2)cs1)c1ccccc1F. The van der Waals surface area contributed by atoms with Gasteiger partial charge >= 0.3 is 0 Å². The number of halogens is 1. The fourth-order valence-corrected chi connectivity index (χ4v) is 3.44. The van der Waals surface area contributed by atoms with Crippen molar-refractivity contribution in [3.8, 4) is 11.8 Å². The smallest absolute Gasteiger partial charge is 0.248 e. The van der Waals surface area contributed by atoms with Gasteiger partial charge in [0.15, 0.2) is 11.7 Å². The van der Waals surface area contributed by atoms with E-state index in [-0.39, 0.29) is 24.1 Å². The summed E-state index contributed by atoms with van der Waals surface area (Å²) in [6.07, 6.45) is 2.81. The molecule has 0 aliphatic carbocycles. The van der Waals surface area contributed by atoms with Crippen LogP contribution in [0.2, 0.25) is 0 Å². The van der Waals surface area contributed by atoms with E-state index in [1.807, 2.05) is 6.07 Å². The maximum absolute atomic E-state index is 14.1. The van der Waals surface area contributed by atoms with Gasteiger partial charge in [0.25, 0.3) is 0 Å². The highest BCUT2D eigenvalue weighted by molar-refractivity contribution is 7.14. The molecule has 0 saturated heterocycles. The first kappa shape index (κ1) is 21.7. The third kappa shape index (κ3) is 5.74. The second-order valence-corrected chi connectivity index (χ2v) is 6.99. The number of nitriles is 1. The van der Waals surface area contributed by atoms with E-state index in [0.29, 0.717) is 22.3 Å². The number of thiazole rings is 1. The lowest BCUT2D eigenvalue weighted by Crippen LogP contribution is -2.23. The van der Waals surface area contributed by atoms with E-state index in [9.17, 15) is 14.0 Å². The van der Waals surface area contributed by atoms with Gasteiger partial charge < -0.3 is 10.1 Å². The predicted octanol–water partition coefficient (Wildman–Crippen LogP) is 4.52. The maximum Gasteiger partial charge on any atom is 0.248 e. The maximum atomic E-state index is 14.1. The lowest BCUT2D eigenvalue weighted by Gasteiger charge is -2.18. The number of nitrogens with one attached hydrogen (secondary N) is 1. The van der Waals surface area contributed by atoms with Crippen LogP contribution in [0.5, 0.6) is 5.75 Å². The average molecular weight is 436 g/mol. The van der Waals surface area contributed by atoms with Gasteiger partial charge in [-0.2, -0.15) is 5.26 Å². The number of hydrogen-bond acceptors (Lipinski definition) is 6. The highest BCUT2D eigenvalue weighted by Gasteiger charge is 2.20. The summed E-state index contributed by atoms with van der Waals surface area (Å²) in [6.45, 7) is 1.27. The van der Waals surface area contributed by atoms with Gasteiger partial charge in [0.1, 0.15) is 17.6 Å². The monoisotopic (exact) mass is 436 g/mol. The van der Waals surface area contributed by atoms with Crippen molar-refractivity contribution in [1.29, 1.82) is 5.26 Å². The van der Waals surface area contributed by atoms with Gasteiger partial charge in [-0.05, 0) is 42.5 Å². The minimum Gasteiger partial charge on any atom is -0.479 e. The molecular weight excluding hydrogens is 419 g/mol. The van der Waals surface area contributed by atoms with Crippen LogP contribution in [0, 0.1) is 17.1 Å². The van der Waals surface area contributed by atoms with Crippen LogP contribution in [-0.2, 0) is 9.59 Å². The molecule has 0 saturated carbocycles. The first-order valence-corrected chi connectivity index (χ1v) is 9.95. The van der Waals surface area contributed by atoms with E-state index in [4.69, 9.17) is 10.00 Å². The standard InChI is InChI=1S/C22H17FN4O3S/c1-15(28)27(20-5-3-2-4-19(20)23)22-26-17(14-31-22)8-11-21(29)25-16-6-9-18(10-7-16)30-13-12-24/h2-11,14H,13H2,1H3,(H,25,29)/b11-8+. The van der Waals surface area contributed by atoms with Crippen molar-refractivity contribution in [3.05, 3.63) is 71.5 Å². The number of carbonyl (C=O) groups is 2. The minimum absolute atomic E-state index is 0.0535. The highest BCUT2D eigenvalue weighted by Crippen LogP contribution is 2.31. The number of aromatic nitrogens is 1. The summed E-state index contributed by atoms with van der Waals surface area (Å²) in [5.74, 6) is -0.768. The van der Waals surface area contributed by atoms with Gasteiger partial charge in [-0.15, -0.1) is 11.3 Å². The molecule has 1 N–H and O–H groups in total. The zero-order valence-corrected chi connectivity index (χ0v) is 17.2. The molecule has 2 amide bonds. The lowest BCUT2D eigenvalue weighted by molar-refractivity contribution is -0.116. The molecule has 0 atom stereocenters. The van der Waals surface area contributed by atoms with Crippen molar-refractivity contribution < 1.29 is 18.7 Å². The Kier molecular flexibility index (Phi) is 7.09. The summed E-state index contributed by atoms with van der Waals surface area (Å²) in [5.41, 5.74) is 1.12. The predicted molar refractivity (Wildman–Crippen MR) is 117 cm³/mol. The molecular formula is C22H17FN4O3S. The molecule has 31 heavy (non-hydrogen) atoms. The molecule has 3 aromatic rings. The molecule has 0 spiro atoms. The topological polar surface area (TPSA) is 95.3 Å². The molecule has 2 aromatic carbocycles. The Morgan fingerprint density at radius 1 is 1.26 bits per heavy atom. The Morgan fingerprint density at radius 2 is 2.00 bits per heavy atom. The lowest BCUT2D eigenvalue weighted by atomic mass is 10.3. The molecule has 156 valence electrons. The first-order chi connectivity index (χ1) is 15.0. The van der Waals surface area contributed by atoms with E-state index in [0.717, 1.165) is 11.3 Å². The van der Waals surface area contributed by atoms with Crippen molar-refractivity contribution >= 4 is 45.7 Å². The number of nitrogens with zero attached hydrogens (tertiary/aromatic N) is 3. The Bertz CT molecular complexity index is 1150. The van der Waals surface area contributed by atoms with E-state index in [1.165, 1.54) is 36.1 Å². The number of anilines is 3. The number of rotatable bonds is 7. The number of carbonyl (C=O) groups excluding carboxylic acids is 2. The zero-order chi connectivity index (χ0) is 22.2. The molecule has 0 radical (unpaired) electrons. The summed E-state index contributed by atoms with van der Waals surface area (Å²) in [6, 6.07) is 14.4. The normalized spacial score (nSPS) is 10.5. The molecule has 7 nitrogen and oxygen atoms in total. The van der Waals surface area contributed by atoms with Crippen LogP contribution in [0.1, 0.15) is 12.6 Å². The third-order valence-electron chi connectivity index (χ3n) is 3.94. The Balaban J connectivity index is 1.67. The summed E-state index contributed by atoms with van der Waals surface area (Å²) in [7, 11) is 0. The number of benzene rings is 2. The molecule has 0 aliphatic heterocycles. The van der Waals surface area contributed by atoms with Gasteiger partial charge in [-0.25, -0.2) is 9.37 Å². The highest BCUT2D eigenvalue weighted by atomic mass is 32.1. The molecule has 0 fully saturated rings. The number of amides is 2. The van der Waals surface area contributed by atoms with Crippen molar-refractivity contribution in [2.45, 2.75) is 6.92 Å². The molecule has 0 bridgehead atoms. The van der Waals surface area contributed by atoms with E-state index >= 15 is 0 Å². The minimum atomic E-state index is -0.534. The third-order valence-corrected chi connectivity index (χ3v) is 4.78. The molecule has 3 rings (SSSR count). The van der Waals surface area contributed by atoms with Crippen molar-refractivity contribution in [3.63, 3.8) is 0 Å². The van der Waals surface area contributed by atoms with Gasteiger partial charge in [-0.3, -0.25) is 14.5 Å². The summed E-state index contributed by atoms with van der Waals surface area (Å²) >= 11 is 1.16. The fourth-order valence-electron chi connectivity index (χ4n) is 2.59. The average Bonchev–Trinajstić information content (AvgIpc) is 3.21. The summed E-state index contributed by atoms with van der Waals surface area (Å²) in [4.78, 5) is 29.7. The van der Waals surface area contributed by atoms with Gasteiger partial charge in [0.2, 0.25) is 11.8 Å². The Labute approximate surface area is 182 Å². The fraction of sp³-hybridized carbons (Fsp3) is 0.0909. The Hall–Kier alpha value is -4.03. The first-order valence-electron chi connectivity index (χ1n) is 9.07. The van der Waals surface area contributed by atoms with Crippen LogP contribution in [-0.4, -0.2) is 23.4 Å². The van der Waals surface area contributed by atoms with Gasteiger partial charge in [-0.1, -0.05) is 12.1 Å². The molecule has 9 heteroatoms. The van der Waals surface area contributed by atoms with Crippen molar-refractivity contribution in [2.75, 3.05) is 16.8 Å². The van der Waals surface area contributed by atoms with Gasteiger partial charge in [0, 0.05) is 24.1 Å². The van der Waals surface area contributed by atoms with E-state index in [2.05, 4.69) is 10.3 Å². The number of ether oxygens (including phenoxy) is 1. The van der Waals surface area contributed by atoms with E-state index in [1.54, 1.807) is 41.8 Å². The summed E-state index contributed by atoms with van der Waals surface area (Å²) in [5, 5.41) is 13.2. The van der Waals surface area contributed by atoms with Crippen LogP contribution in [0.3, 0.4) is 0 Å². The van der Waals surface area contributed by atoms with E-state index < -0.39 is 5.82 Å². The van der Waals surface area contributed by atoms with Gasteiger partial charge in [0.05, 0.1) is 11.4 Å². The molecule has 1 heterocycles. The second-order valence-electron chi connectivity index (χ2n) is 6.15. The van der Waals surface area contributed by atoms with Crippen LogP contribution in [0.15, 0.2) is 60.0 Å². The van der Waals surface area contributed by atoms with Crippen molar-refractivity contribution in [1.82, 2.24) is 4.98 Å². The largest absolute Gasteiger partial charge is 0.479 e. The van der Waals surface area contributed by atoms with Crippen LogP contribution >= 0.6 is 11.3 Å². The molecule has 1 aromatic heterocycles. The zero-order valence-electron chi connectivity index (χ0n) is 16.4. The van der Waals surface area contributed by atoms with Crippen molar-refractivity contribution in [2.24, 2.45) is 0 Å². The quantitative estimate of drug-likeness (QED) is 0.550. The van der Waals surface area contributed by atoms with Crippen LogP contribution < -0.4 is 15.0 Å². The molecule has 0 unspecified atom stereocenters.